The first kappa shape index (κ1) is 22.3. The van der Waals surface area contributed by atoms with Crippen LogP contribution >= 0.6 is 0 Å². The molecule has 12 heteroatoms. The van der Waals surface area contributed by atoms with Gasteiger partial charge in [0, 0.05) is 19.7 Å². The number of nitrogens with zero attached hydrogens (tertiary/aromatic N) is 6. The Morgan fingerprint density at radius 3 is 2.93 bits per heavy atom. The number of aliphatic hydroxyl groups is 2. The number of ether oxygens (including phenoxy) is 2. The number of imidazole rings is 1. The highest BCUT2D eigenvalue weighted by Crippen LogP contribution is 2.33. The SMILES string of the molecule is CCOCC=NOCCN(C)C[C@H]1O[C@@H](n2c(C)nc3c(N)ncnc32)[C@H](O)[C@@H]1O. The average molecular weight is 423 g/mol. The number of likely N-dealkylation sites (N-methyl/N-ethyl adjacent to an activating group) is 1. The van der Waals surface area contributed by atoms with Crippen molar-refractivity contribution in [2.45, 2.75) is 38.4 Å². The Balaban J connectivity index is 1.59. The first-order valence-electron chi connectivity index (χ1n) is 9.80. The van der Waals surface area contributed by atoms with Crippen molar-refractivity contribution in [2.24, 2.45) is 5.16 Å². The maximum absolute atomic E-state index is 10.6. The first-order valence-corrected chi connectivity index (χ1v) is 9.80. The molecule has 0 bridgehead atoms. The minimum absolute atomic E-state index is 0.245. The Labute approximate surface area is 174 Å². The molecule has 1 aliphatic rings. The number of rotatable bonds is 10. The van der Waals surface area contributed by atoms with Crippen molar-refractivity contribution in [3.8, 4) is 0 Å². The summed E-state index contributed by atoms with van der Waals surface area (Å²) in [5.74, 6) is 0.802. The van der Waals surface area contributed by atoms with Gasteiger partial charge in [-0.1, -0.05) is 5.16 Å². The normalized spacial score (nSPS) is 24.5. The third-order valence-electron chi connectivity index (χ3n) is 4.87. The molecule has 0 radical (unpaired) electrons. The number of nitrogen functional groups attached to an aromatic ring is 1. The minimum Gasteiger partial charge on any atom is -0.395 e. The predicted octanol–water partition coefficient (Wildman–Crippen LogP) is -0.693. The second-order valence-electron chi connectivity index (χ2n) is 7.05. The van der Waals surface area contributed by atoms with E-state index in [0.29, 0.717) is 49.9 Å². The molecule has 4 atom stereocenters. The Morgan fingerprint density at radius 2 is 2.17 bits per heavy atom. The summed E-state index contributed by atoms with van der Waals surface area (Å²) in [4.78, 5) is 19.6. The van der Waals surface area contributed by atoms with Gasteiger partial charge in [0.2, 0.25) is 0 Å². The van der Waals surface area contributed by atoms with Crippen LogP contribution in [0, 0.1) is 6.92 Å². The van der Waals surface area contributed by atoms with Crippen molar-refractivity contribution in [1.29, 1.82) is 0 Å². The number of hydrogen-bond acceptors (Lipinski definition) is 11. The predicted molar refractivity (Wildman–Crippen MR) is 109 cm³/mol. The molecule has 1 saturated heterocycles. The van der Waals surface area contributed by atoms with E-state index in [-0.39, 0.29) is 5.82 Å². The van der Waals surface area contributed by atoms with Gasteiger partial charge >= 0.3 is 0 Å². The summed E-state index contributed by atoms with van der Waals surface area (Å²) in [5, 5.41) is 24.9. The Morgan fingerprint density at radius 1 is 1.37 bits per heavy atom. The lowest BCUT2D eigenvalue weighted by molar-refractivity contribution is -0.0445. The summed E-state index contributed by atoms with van der Waals surface area (Å²) in [6.45, 7) is 6.03. The van der Waals surface area contributed by atoms with Crippen LogP contribution < -0.4 is 5.73 Å². The topological polar surface area (TPSA) is 153 Å². The second-order valence-corrected chi connectivity index (χ2v) is 7.05. The summed E-state index contributed by atoms with van der Waals surface area (Å²) in [7, 11) is 1.87. The van der Waals surface area contributed by atoms with Crippen LogP contribution in [0.5, 0.6) is 0 Å². The van der Waals surface area contributed by atoms with E-state index >= 15 is 0 Å². The number of anilines is 1. The van der Waals surface area contributed by atoms with Crippen molar-refractivity contribution in [2.75, 3.05) is 45.7 Å². The summed E-state index contributed by atoms with van der Waals surface area (Å²) >= 11 is 0. The highest BCUT2D eigenvalue weighted by Gasteiger charge is 2.45. The third kappa shape index (κ3) is 4.84. The van der Waals surface area contributed by atoms with Crippen LogP contribution in [0.15, 0.2) is 11.5 Å². The zero-order valence-corrected chi connectivity index (χ0v) is 17.4. The van der Waals surface area contributed by atoms with Crippen LogP contribution in [0.25, 0.3) is 11.2 Å². The number of hydrogen-bond donors (Lipinski definition) is 3. The number of aryl methyl sites for hydroxylation is 1. The summed E-state index contributed by atoms with van der Waals surface area (Å²) < 4.78 is 12.8. The first-order chi connectivity index (χ1) is 14.4. The average Bonchev–Trinajstić information content (AvgIpc) is 3.19. The number of aliphatic hydroxyl groups excluding tert-OH is 2. The van der Waals surface area contributed by atoms with Gasteiger partial charge in [-0.05, 0) is 20.9 Å². The molecule has 30 heavy (non-hydrogen) atoms. The van der Waals surface area contributed by atoms with Crippen LogP contribution in [0.4, 0.5) is 5.82 Å². The summed E-state index contributed by atoms with van der Waals surface area (Å²) in [6.07, 6.45) is -0.768. The molecule has 0 spiro atoms. The van der Waals surface area contributed by atoms with Crippen LogP contribution in [-0.4, -0.2) is 99.1 Å². The fourth-order valence-corrected chi connectivity index (χ4v) is 3.33. The monoisotopic (exact) mass is 423 g/mol. The molecular formula is C18H29N7O5. The van der Waals surface area contributed by atoms with Gasteiger partial charge in [-0.2, -0.15) is 0 Å². The van der Waals surface area contributed by atoms with E-state index in [1.165, 1.54) is 6.33 Å². The van der Waals surface area contributed by atoms with E-state index in [9.17, 15) is 10.2 Å². The lowest BCUT2D eigenvalue weighted by Crippen LogP contribution is -2.39. The van der Waals surface area contributed by atoms with Crippen molar-refractivity contribution >= 4 is 23.2 Å². The van der Waals surface area contributed by atoms with Crippen LogP contribution in [0.3, 0.4) is 0 Å². The molecule has 0 aliphatic carbocycles. The van der Waals surface area contributed by atoms with Crippen molar-refractivity contribution in [3.05, 3.63) is 12.2 Å². The Bertz CT molecular complexity index is 861. The summed E-state index contributed by atoms with van der Waals surface area (Å²) in [5.41, 5.74) is 6.75. The Kier molecular flexibility index (Phi) is 7.50. The zero-order valence-electron chi connectivity index (χ0n) is 17.4. The van der Waals surface area contributed by atoms with Gasteiger partial charge < -0.3 is 35.2 Å². The second kappa shape index (κ2) is 10.1. The standard InChI is InChI=1S/C18H29N7O5/c1-4-28-7-5-22-29-8-6-24(3)9-12-14(26)15(27)18(30-12)25-11(2)23-13-16(19)20-10-21-17(13)25/h5,10,12,14-15,18,26-27H,4,6-9H2,1-3H3,(H2,19,20,21)/t12-,14-,15-,18-/m1/s1. The number of nitrogens with two attached hydrogens (primary N) is 1. The number of oxime groups is 1. The van der Waals surface area contributed by atoms with E-state index in [2.05, 4.69) is 20.1 Å². The van der Waals surface area contributed by atoms with E-state index in [0.717, 1.165) is 0 Å². The zero-order chi connectivity index (χ0) is 21.7. The molecule has 1 aliphatic heterocycles. The molecule has 2 aromatic heterocycles. The molecule has 166 valence electrons. The minimum atomic E-state index is -1.14. The molecule has 0 amide bonds. The Hall–Kier alpha value is -2.38. The van der Waals surface area contributed by atoms with Crippen molar-refractivity contribution < 1.29 is 24.5 Å². The van der Waals surface area contributed by atoms with Gasteiger partial charge in [0.1, 0.15) is 37.1 Å². The molecule has 0 aromatic carbocycles. The van der Waals surface area contributed by atoms with Gasteiger partial charge in [0.05, 0.1) is 12.8 Å². The molecule has 3 heterocycles. The van der Waals surface area contributed by atoms with Gasteiger partial charge in [0.25, 0.3) is 0 Å². The van der Waals surface area contributed by atoms with Crippen molar-refractivity contribution in [1.82, 2.24) is 24.4 Å². The van der Waals surface area contributed by atoms with Gasteiger partial charge in [-0.25, -0.2) is 15.0 Å². The van der Waals surface area contributed by atoms with Crippen LogP contribution in [-0.2, 0) is 14.3 Å². The molecule has 0 unspecified atom stereocenters. The van der Waals surface area contributed by atoms with E-state index in [4.69, 9.17) is 20.0 Å². The van der Waals surface area contributed by atoms with Gasteiger partial charge in [0.15, 0.2) is 23.2 Å². The van der Waals surface area contributed by atoms with E-state index in [1.807, 2.05) is 18.9 Å². The molecule has 0 saturated carbocycles. The quantitative estimate of drug-likeness (QED) is 0.254. The lowest BCUT2D eigenvalue weighted by Gasteiger charge is -2.22. The van der Waals surface area contributed by atoms with E-state index in [1.54, 1.807) is 17.7 Å². The number of aromatic nitrogens is 4. The van der Waals surface area contributed by atoms with Crippen LogP contribution in [0.1, 0.15) is 19.0 Å². The smallest absolute Gasteiger partial charge is 0.167 e. The van der Waals surface area contributed by atoms with E-state index < -0.39 is 24.5 Å². The molecule has 1 fully saturated rings. The maximum Gasteiger partial charge on any atom is 0.167 e. The highest BCUT2D eigenvalue weighted by molar-refractivity contribution is 5.81. The largest absolute Gasteiger partial charge is 0.395 e. The fourth-order valence-electron chi connectivity index (χ4n) is 3.33. The maximum atomic E-state index is 10.6. The molecule has 4 N–H and O–H groups in total. The molecular weight excluding hydrogens is 394 g/mol. The molecule has 12 nitrogen and oxygen atoms in total. The highest BCUT2D eigenvalue weighted by atomic mass is 16.6. The molecule has 2 aromatic rings. The number of fused-ring (bicyclic) bond motifs is 1. The van der Waals surface area contributed by atoms with Crippen molar-refractivity contribution in [3.63, 3.8) is 0 Å². The summed E-state index contributed by atoms with van der Waals surface area (Å²) in [6, 6.07) is 0. The molecule has 3 rings (SSSR count). The fraction of sp³-hybridized carbons (Fsp3) is 0.667. The van der Waals surface area contributed by atoms with Gasteiger partial charge in [-0.15, -0.1) is 0 Å². The lowest BCUT2D eigenvalue weighted by atomic mass is 10.1. The van der Waals surface area contributed by atoms with Gasteiger partial charge in [-0.3, -0.25) is 4.57 Å². The third-order valence-corrected chi connectivity index (χ3v) is 4.87. The van der Waals surface area contributed by atoms with Crippen LogP contribution in [0.2, 0.25) is 0 Å².